The predicted octanol–water partition coefficient (Wildman–Crippen LogP) is 1.90. The molecule has 0 N–H and O–H groups in total. The van der Waals surface area contributed by atoms with Crippen LogP contribution < -0.4 is 0 Å². The van der Waals surface area contributed by atoms with E-state index in [9.17, 15) is 8.42 Å². The maximum absolute atomic E-state index is 13.1. The second-order valence-corrected chi connectivity index (χ2v) is 7.49. The van der Waals surface area contributed by atoms with Crippen molar-refractivity contribution in [1.29, 1.82) is 0 Å². The molecule has 6 nitrogen and oxygen atoms in total. The van der Waals surface area contributed by atoms with Crippen LogP contribution in [0.5, 0.6) is 0 Å². The van der Waals surface area contributed by atoms with Crippen molar-refractivity contribution in [3.05, 3.63) is 59.7 Å². The van der Waals surface area contributed by atoms with Gasteiger partial charge in [-0.05, 0) is 36.6 Å². The molecule has 0 amide bonds. The zero-order valence-electron chi connectivity index (χ0n) is 12.5. The topological polar surface area (TPSA) is 75.5 Å². The van der Waals surface area contributed by atoms with E-state index in [-0.39, 0.29) is 11.1 Å². The van der Waals surface area contributed by atoms with Gasteiger partial charge in [-0.25, -0.2) is 8.42 Å². The lowest BCUT2D eigenvalue weighted by atomic mass is 10.1. The molecule has 7 heteroatoms. The number of rotatable bonds is 2. The quantitative estimate of drug-likeness (QED) is 0.844. The van der Waals surface area contributed by atoms with Crippen molar-refractivity contribution >= 4 is 15.1 Å². The summed E-state index contributed by atoms with van der Waals surface area (Å²) in [5.41, 5.74) is 2.28. The van der Waals surface area contributed by atoms with Crippen LogP contribution in [-0.4, -0.2) is 34.3 Å². The minimum absolute atomic E-state index is 0.149. The monoisotopic (exact) mass is 328 g/mol. The summed E-state index contributed by atoms with van der Waals surface area (Å²) in [4.78, 5) is 12.6. The lowest BCUT2D eigenvalue weighted by Crippen LogP contribution is -2.36. The largest absolute Gasteiger partial charge is 0.265 e. The molecular weight excluding hydrogens is 312 g/mol. The fourth-order valence-corrected chi connectivity index (χ4v) is 5.10. The van der Waals surface area contributed by atoms with Gasteiger partial charge in [-0.2, -0.15) is 4.31 Å². The first-order valence-electron chi connectivity index (χ1n) is 7.58. The molecule has 0 aromatic carbocycles. The Kier molecular flexibility index (Phi) is 3.46. The fourth-order valence-electron chi connectivity index (χ4n) is 3.26. The van der Waals surface area contributed by atoms with E-state index in [0.717, 1.165) is 24.1 Å². The first kappa shape index (κ1) is 14.5. The Bertz CT molecular complexity index is 865. The summed E-state index contributed by atoms with van der Waals surface area (Å²) in [6, 6.07) is 7.12. The van der Waals surface area contributed by atoms with Gasteiger partial charge >= 0.3 is 0 Å². The molecule has 1 atom stereocenters. The highest BCUT2D eigenvalue weighted by Gasteiger charge is 2.40. The number of hydrogen-bond donors (Lipinski definition) is 0. The van der Waals surface area contributed by atoms with E-state index in [2.05, 4.69) is 15.0 Å². The molecule has 2 aliphatic heterocycles. The van der Waals surface area contributed by atoms with Crippen LogP contribution in [-0.2, 0) is 16.6 Å². The molecule has 1 saturated heterocycles. The Morgan fingerprint density at radius 2 is 2.04 bits per heavy atom. The molecule has 23 heavy (non-hydrogen) atoms. The molecule has 2 aromatic rings. The molecule has 2 aliphatic rings. The molecule has 0 aliphatic carbocycles. The maximum Gasteiger partial charge on any atom is 0.261 e. The fraction of sp³-hybridized carbons (Fsp3) is 0.312. The van der Waals surface area contributed by atoms with Crippen LogP contribution >= 0.6 is 0 Å². The van der Waals surface area contributed by atoms with E-state index in [1.165, 1.54) is 0 Å². The van der Waals surface area contributed by atoms with Gasteiger partial charge in [-0.1, -0.05) is 6.07 Å². The zero-order chi connectivity index (χ0) is 15.9. The van der Waals surface area contributed by atoms with Crippen molar-refractivity contribution in [3.8, 4) is 0 Å². The Morgan fingerprint density at radius 3 is 2.87 bits per heavy atom. The Labute approximate surface area is 135 Å². The smallest absolute Gasteiger partial charge is 0.261 e. The Balaban J connectivity index is 1.72. The highest BCUT2D eigenvalue weighted by molar-refractivity contribution is 8.05. The van der Waals surface area contributed by atoms with Gasteiger partial charge in [0, 0.05) is 30.7 Å². The molecule has 0 saturated carbocycles. The third-order valence-corrected chi connectivity index (χ3v) is 6.21. The predicted molar refractivity (Wildman–Crippen MR) is 86.3 cm³/mol. The summed E-state index contributed by atoms with van der Waals surface area (Å²) in [6.07, 6.45) is 6.74. The van der Waals surface area contributed by atoms with Gasteiger partial charge in [-0.15, -0.1) is 0 Å². The summed E-state index contributed by atoms with van der Waals surface area (Å²) in [7, 11) is -3.63. The van der Waals surface area contributed by atoms with E-state index in [1.54, 1.807) is 35.0 Å². The second-order valence-electron chi connectivity index (χ2n) is 5.68. The van der Waals surface area contributed by atoms with Crippen LogP contribution in [0.15, 0.2) is 47.8 Å². The average Bonchev–Trinajstić information content (AvgIpc) is 3.23. The summed E-state index contributed by atoms with van der Waals surface area (Å²) in [6.45, 7) is 0.840. The number of pyridine rings is 2. The summed E-state index contributed by atoms with van der Waals surface area (Å²) >= 11 is 0. The van der Waals surface area contributed by atoms with Crippen LogP contribution in [0.25, 0.3) is 0 Å². The van der Waals surface area contributed by atoms with E-state index in [4.69, 9.17) is 0 Å². The standard InChI is InChI=1S/C16H16N4O2S/c21-23(22,16-13-5-2-8-18-14(13)11-19-16)20-9-3-6-15(20)12-4-1-7-17-10-12/h1-2,4-5,7-8,10,15H,3,6,9,11H2. The van der Waals surface area contributed by atoms with E-state index in [1.807, 2.05) is 12.1 Å². The molecule has 2 aromatic heterocycles. The minimum atomic E-state index is -3.63. The second kappa shape index (κ2) is 5.50. The van der Waals surface area contributed by atoms with Crippen LogP contribution in [0, 0.1) is 0 Å². The zero-order valence-corrected chi connectivity index (χ0v) is 13.3. The minimum Gasteiger partial charge on any atom is -0.265 e. The summed E-state index contributed by atoms with van der Waals surface area (Å²) in [5, 5.41) is 0.149. The molecule has 4 heterocycles. The molecular formula is C16H16N4O2S. The highest BCUT2D eigenvalue weighted by Crippen LogP contribution is 2.36. The lowest BCUT2D eigenvalue weighted by Gasteiger charge is -2.24. The van der Waals surface area contributed by atoms with Crippen molar-refractivity contribution in [2.75, 3.05) is 6.54 Å². The van der Waals surface area contributed by atoms with Crippen molar-refractivity contribution in [1.82, 2.24) is 14.3 Å². The maximum atomic E-state index is 13.1. The third-order valence-electron chi connectivity index (χ3n) is 4.32. The van der Waals surface area contributed by atoms with Crippen LogP contribution in [0.2, 0.25) is 0 Å². The first-order valence-corrected chi connectivity index (χ1v) is 9.02. The van der Waals surface area contributed by atoms with E-state index in [0.29, 0.717) is 18.7 Å². The number of fused-ring (bicyclic) bond motifs is 1. The Morgan fingerprint density at radius 1 is 1.17 bits per heavy atom. The van der Waals surface area contributed by atoms with Crippen LogP contribution in [0.1, 0.15) is 35.7 Å². The molecule has 118 valence electrons. The van der Waals surface area contributed by atoms with Gasteiger partial charge in [0.25, 0.3) is 10.0 Å². The molecule has 0 bridgehead atoms. The SMILES string of the molecule is O=S(=O)(C1=NCc2ncccc21)N1CCCC1c1cccnc1. The van der Waals surface area contributed by atoms with Gasteiger partial charge in [0.15, 0.2) is 5.04 Å². The summed E-state index contributed by atoms with van der Waals surface area (Å²) in [5.74, 6) is 0. The van der Waals surface area contributed by atoms with Gasteiger partial charge in [-0.3, -0.25) is 15.0 Å². The molecule has 4 rings (SSSR count). The van der Waals surface area contributed by atoms with Gasteiger partial charge in [0.05, 0.1) is 18.3 Å². The number of aromatic nitrogens is 2. The van der Waals surface area contributed by atoms with Crippen LogP contribution in [0.3, 0.4) is 0 Å². The number of sulfonamides is 1. The van der Waals surface area contributed by atoms with Gasteiger partial charge in [0.1, 0.15) is 0 Å². The average molecular weight is 328 g/mol. The third kappa shape index (κ3) is 2.36. The molecule has 0 spiro atoms. The molecule has 1 unspecified atom stereocenters. The van der Waals surface area contributed by atoms with E-state index < -0.39 is 10.0 Å². The Hall–Kier alpha value is -2.12. The van der Waals surface area contributed by atoms with Gasteiger partial charge < -0.3 is 0 Å². The van der Waals surface area contributed by atoms with Crippen molar-refractivity contribution < 1.29 is 8.42 Å². The molecule has 0 radical (unpaired) electrons. The normalized spacial score (nSPS) is 21.2. The van der Waals surface area contributed by atoms with Crippen LogP contribution in [0.4, 0.5) is 0 Å². The first-order chi connectivity index (χ1) is 11.2. The van der Waals surface area contributed by atoms with Crippen molar-refractivity contribution in [2.45, 2.75) is 25.4 Å². The summed E-state index contributed by atoms with van der Waals surface area (Å²) < 4.78 is 27.8. The molecule has 1 fully saturated rings. The lowest BCUT2D eigenvalue weighted by molar-refractivity contribution is 0.404. The van der Waals surface area contributed by atoms with Gasteiger partial charge in [0.2, 0.25) is 0 Å². The number of nitrogens with zero attached hydrogens (tertiary/aromatic N) is 4. The van der Waals surface area contributed by atoms with Crippen molar-refractivity contribution in [2.24, 2.45) is 4.99 Å². The number of aliphatic imine (C=N–C) groups is 1. The van der Waals surface area contributed by atoms with Crippen molar-refractivity contribution in [3.63, 3.8) is 0 Å². The van der Waals surface area contributed by atoms with E-state index >= 15 is 0 Å². The highest BCUT2D eigenvalue weighted by atomic mass is 32.2. The number of hydrogen-bond acceptors (Lipinski definition) is 5.